The van der Waals surface area contributed by atoms with E-state index in [1.165, 1.54) is 25.7 Å². The standard InChI is InChI=1S/C11H21NO/c1-4-13-10-8-9(12(2)3)11(10)6-5-7-11/h9-10H,4-8H2,1-3H3. The number of hydrogen-bond acceptors (Lipinski definition) is 2. The molecule has 2 aliphatic rings. The van der Waals surface area contributed by atoms with Crippen LogP contribution in [0.5, 0.6) is 0 Å². The van der Waals surface area contributed by atoms with Gasteiger partial charge in [0.05, 0.1) is 6.10 Å². The smallest absolute Gasteiger partial charge is 0.0661 e. The van der Waals surface area contributed by atoms with Crippen molar-refractivity contribution < 1.29 is 4.74 Å². The van der Waals surface area contributed by atoms with Gasteiger partial charge in [-0.15, -0.1) is 0 Å². The van der Waals surface area contributed by atoms with Gasteiger partial charge in [-0.2, -0.15) is 0 Å². The molecule has 0 aliphatic heterocycles. The molecule has 0 heterocycles. The number of ether oxygens (including phenoxy) is 1. The molecule has 0 bridgehead atoms. The van der Waals surface area contributed by atoms with Gasteiger partial charge in [-0.1, -0.05) is 6.42 Å². The minimum atomic E-state index is 0.555. The minimum Gasteiger partial charge on any atom is -0.378 e. The van der Waals surface area contributed by atoms with Crippen LogP contribution in [-0.4, -0.2) is 37.7 Å². The zero-order chi connectivity index (χ0) is 9.47. The molecule has 0 amide bonds. The third-order valence-electron chi connectivity index (χ3n) is 4.02. The van der Waals surface area contributed by atoms with Gasteiger partial charge in [0.1, 0.15) is 0 Å². The molecule has 2 heteroatoms. The average molecular weight is 183 g/mol. The summed E-state index contributed by atoms with van der Waals surface area (Å²) >= 11 is 0. The molecule has 0 aromatic heterocycles. The molecule has 0 aromatic carbocycles. The van der Waals surface area contributed by atoms with Crippen molar-refractivity contribution >= 4 is 0 Å². The highest BCUT2D eigenvalue weighted by Crippen LogP contribution is 2.58. The highest BCUT2D eigenvalue weighted by atomic mass is 16.5. The van der Waals surface area contributed by atoms with E-state index in [0.717, 1.165) is 12.6 Å². The second-order valence-corrected chi connectivity index (χ2v) is 4.75. The van der Waals surface area contributed by atoms with E-state index in [1.54, 1.807) is 0 Å². The number of rotatable bonds is 3. The molecule has 2 aliphatic carbocycles. The van der Waals surface area contributed by atoms with Crippen molar-refractivity contribution in [2.45, 2.75) is 44.8 Å². The maximum Gasteiger partial charge on any atom is 0.0661 e. The molecule has 2 fully saturated rings. The highest BCUT2D eigenvalue weighted by molar-refractivity contribution is 5.11. The van der Waals surface area contributed by atoms with Crippen LogP contribution in [0.15, 0.2) is 0 Å². The molecule has 2 rings (SSSR count). The van der Waals surface area contributed by atoms with Crippen molar-refractivity contribution in [3.05, 3.63) is 0 Å². The molecule has 2 unspecified atom stereocenters. The zero-order valence-electron chi connectivity index (χ0n) is 9.05. The predicted molar refractivity (Wildman–Crippen MR) is 53.8 cm³/mol. The second kappa shape index (κ2) is 3.25. The van der Waals surface area contributed by atoms with Gasteiger partial charge in [-0.05, 0) is 40.3 Å². The lowest BCUT2D eigenvalue weighted by molar-refractivity contribution is -0.196. The Labute approximate surface area is 81.3 Å². The predicted octanol–water partition coefficient (Wildman–Crippen LogP) is 1.90. The van der Waals surface area contributed by atoms with Crippen molar-refractivity contribution in [3.8, 4) is 0 Å². The third-order valence-corrected chi connectivity index (χ3v) is 4.02. The van der Waals surface area contributed by atoms with Gasteiger partial charge in [0.2, 0.25) is 0 Å². The highest BCUT2D eigenvalue weighted by Gasteiger charge is 2.59. The van der Waals surface area contributed by atoms with E-state index in [4.69, 9.17) is 4.74 Å². The maximum atomic E-state index is 5.79. The lowest BCUT2D eigenvalue weighted by Crippen LogP contribution is -2.66. The van der Waals surface area contributed by atoms with Gasteiger partial charge in [-0.25, -0.2) is 0 Å². The summed E-state index contributed by atoms with van der Waals surface area (Å²) in [5.41, 5.74) is 0.555. The Morgan fingerprint density at radius 1 is 1.38 bits per heavy atom. The molecule has 0 N–H and O–H groups in total. The zero-order valence-corrected chi connectivity index (χ0v) is 9.05. The Bertz CT molecular complexity index is 187. The van der Waals surface area contributed by atoms with E-state index in [2.05, 4.69) is 25.9 Å². The largest absolute Gasteiger partial charge is 0.378 e. The van der Waals surface area contributed by atoms with Crippen molar-refractivity contribution in [2.75, 3.05) is 20.7 Å². The summed E-state index contributed by atoms with van der Waals surface area (Å²) in [6.45, 7) is 2.99. The van der Waals surface area contributed by atoms with Crippen molar-refractivity contribution in [2.24, 2.45) is 5.41 Å². The summed E-state index contributed by atoms with van der Waals surface area (Å²) in [6, 6.07) is 0.790. The van der Waals surface area contributed by atoms with E-state index in [9.17, 15) is 0 Å². The maximum absolute atomic E-state index is 5.79. The molecule has 0 radical (unpaired) electrons. The molecule has 0 aromatic rings. The SMILES string of the molecule is CCOC1CC(N(C)C)C12CCC2. The quantitative estimate of drug-likeness (QED) is 0.662. The fourth-order valence-electron chi connectivity index (χ4n) is 3.13. The first-order valence-corrected chi connectivity index (χ1v) is 5.49. The number of hydrogen-bond donors (Lipinski definition) is 0. The van der Waals surface area contributed by atoms with E-state index in [0.29, 0.717) is 11.5 Å². The molecule has 2 nitrogen and oxygen atoms in total. The molecule has 2 saturated carbocycles. The third kappa shape index (κ3) is 1.23. The van der Waals surface area contributed by atoms with Gasteiger partial charge in [0.15, 0.2) is 0 Å². The van der Waals surface area contributed by atoms with Gasteiger partial charge >= 0.3 is 0 Å². The van der Waals surface area contributed by atoms with Gasteiger partial charge < -0.3 is 9.64 Å². The Hall–Kier alpha value is -0.0800. The van der Waals surface area contributed by atoms with Crippen LogP contribution < -0.4 is 0 Å². The Balaban J connectivity index is 1.98. The Morgan fingerprint density at radius 3 is 2.46 bits per heavy atom. The summed E-state index contributed by atoms with van der Waals surface area (Å²) in [7, 11) is 4.40. The molecule has 76 valence electrons. The molecule has 2 atom stereocenters. The topological polar surface area (TPSA) is 12.5 Å². The lowest BCUT2D eigenvalue weighted by atomic mass is 9.50. The fraction of sp³-hybridized carbons (Fsp3) is 1.00. The van der Waals surface area contributed by atoms with Crippen LogP contribution in [0.3, 0.4) is 0 Å². The lowest BCUT2D eigenvalue weighted by Gasteiger charge is -2.63. The summed E-state index contributed by atoms with van der Waals surface area (Å²) in [6.07, 6.45) is 6.01. The first-order chi connectivity index (χ1) is 6.20. The first kappa shape index (κ1) is 9.47. The molecule has 13 heavy (non-hydrogen) atoms. The summed E-state index contributed by atoms with van der Waals surface area (Å²) in [4.78, 5) is 2.38. The van der Waals surface area contributed by atoms with E-state index in [1.807, 2.05) is 0 Å². The summed E-state index contributed by atoms with van der Waals surface area (Å²) in [5, 5.41) is 0. The molecular formula is C11H21NO. The van der Waals surface area contributed by atoms with Gasteiger partial charge in [0.25, 0.3) is 0 Å². The van der Waals surface area contributed by atoms with Crippen molar-refractivity contribution in [1.29, 1.82) is 0 Å². The van der Waals surface area contributed by atoms with E-state index < -0.39 is 0 Å². The Kier molecular flexibility index (Phi) is 2.37. The van der Waals surface area contributed by atoms with Crippen LogP contribution in [0.2, 0.25) is 0 Å². The molecule has 1 spiro atoms. The normalized spacial score (nSPS) is 36.0. The van der Waals surface area contributed by atoms with Gasteiger partial charge in [-0.3, -0.25) is 0 Å². The first-order valence-electron chi connectivity index (χ1n) is 5.49. The van der Waals surface area contributed by atoms with E-state index in [-0.39, 0.29) is 0 Å². The monoisotopic (exact) mass is 183 g/mol. The van der Waals surface area contributed by atoms with Crippen LogP contribution in [-0.2, 0) is 4.74 Å². The number of nitrogens with zero attached hydrogens (tertiary/aromatic N) is 1. The minimum absolute atomic E-state index is 0.555. The van der Waals surface area contributed by atoms with Crippen molar-refractivity contribution in [3.63, 3.8) is 0 Å². The van der Waals surface area contributed by atoms with Crippen molar-refractivity contribution in [1.82, 2.24) is 4.90 Å². The van der Waals surface area contributed by atoms with Crippen LogP contribution in [0.25, 0.3) is 0 Å². The van der Waals surface area contributed by atoms with E-state index >= 15 is 0 Å². The van der Waals surface area contributed by atoms with Crippen LogP contribution in [0.1, 0.15) is 32.6 Å². The summed E-state index contributed by atoms with van der Waals surface area (Å²) in [5.74, 6) is 0. The van der Waals surface area contributed by atoms with Gasteiger partial charge in [0, 0.05) is 18.1 Å². The molecule has 0 saturated heterocycles. The second-order valence-electron chi connectivity index (χ2n) is 4.75. The fourth-order valence-corrected chi connectivity index (χ4v) is 3.13. The Morgan fingerprint density at radius 2 is 2.08 bits per heavy atom. The molecular weight excluding hydrogens is 162 g/mol. The average Bonchev–Trinajstić information content (AvgIpc) is 1.92. The van der Waals surface area contributed by atoms with Crippen LogP contribution >= 0.6 is 0 Å². The summed E-state index contributed by atoms with van der Waals surface area (Å²) < 4.78 is 5.79. The van der Waals surface area contributed by atoms with Crippen LogP contribution in [0, 0.1) is 5.41 Å². The van der Waals surface area contributed by atoms with Crippen LogP contribution in [0.4, 0.5) is 0 Å².